The Bertz CT molecular complexity index is 733. The number of aryl methyl sites for hydroxylation is 1. The summed E-state index contributed by atoms with van der Waals surface area (Å²) in [7, 11) is 0. The van der Waals surface area contributed by atoms with Crippen molar-refractivity contribution in [3.8, 4) is 0 Å². The van der Waals surface area contributed by atoms with Crippen LogP contribution in [0.15, 0.2) is 0 Å². The Hall–Kier alpha value is -1.89. The third-order valence-corrected chi connectivity index (χ3v) is 6.47. The summed E-state index contributed by atoms with van der Waals surface area (Å²) in [6.07, 6.45) is 8.43. The van der Waals surface area contributed by atoms with Crippen molar-refractivity contribution in [1.29, 1.82) is 0 Å². The van der Waals surface area contributed by atoms with Crippen LogP contribution in [-0.4, -0.2) is 30.6 Å². The van der Waals surface area contributed by atoms with Crippen LogP contribution in [-0.2, 0) is 31.9 Å². The minimum Gasteiger partial charge on any atom is -0.459 e. The molecule has 0 atom stereocenters. The first kappa shape index (κ1) is 20.8. The molecule has 0 unspecified atom stereocenters. The van der Waals surface area contributed by atoms with Crippen LogP contribution >= 0.6 is 11.3 Å². The van der Waals surface area contributed by atoms with E-state index in [0.717, 1.165) is 61.8 Å². The first-order chi connectivity index (χ1) is 13.4. The van der Waals surface area contributed by atoms with Gasteiger partial charge in [-0.15, -0.1) is 11.3 Å². The van der Waals surface area contributed by atoms with Crippen LogP contribution in [0.5, 0.6) is 0 Å². The third kappa shape index (κ3) is 5.34. The van der Waals surface area contributed by atoms with E-state index < -0.39 is 11.9 Å². The van der Waals surface area contributed by atoms with Crippen molar-refractivity contribution in [2.24, 2.45) is 5.92 Å². The molecule has 28 heavy (non-hydrogen) atoms. The lowest BCUT2D eigenvalue weighted by molar-refractivity contribution is -0.148. The monoisotopic (exact) mass is 407 g/mol. The van der Waals surface area contributed by atoms with Crippen molar-refractivity contribution in [1.82, 2.24) is 0 Å². The molecule has 6 nitrogen and oxygen atoms in total. The second kappa shape index (κ2) is 9.54. The molecular weight excluding hydrogens is 378 g/mol. The summed E-state index contributed by atoms with van der Waals surface area (Å²) in [5.41, 5.74) is 1.47. The predicted octanol–water partition coefficient (Wildman–Crippen LogP) is 4.25. The average molecular weight is 408 g/mol. The molecule has 0 radical (unpaired) electrons. The van der Waals surface area contributed by atoms with Gasteiger partial charge in [-0.1, -0.05) is 12.8 Å². The molecule has 2 aliphatic rings. The SMILES string of the molecule is CC(C)OC(=O)c1c(NC(=O)COC(=O)CC2CCCC2)sc2c1CCCC2. The maximum Gasteiger partial charge on any atom is 0.341 e. The highest BCUT2D eigenvalue weighted by Crippen LogP contribution is 2.38. The van der Waals surface area contributed by atoms with E-state index in [4.69, 9.17) is 9.47 Å². The standard InChI is InChI=1S/C21H29NO5S/c1-13(2)27-21(25)19-15-9-5-6-10-16(15)28-20(19)22-17(23)12-26-18(24)11-14-7-3-4-8-14/h13-14H,3-12H2,1-2H3,(H,22,23). The number of nitrogens with one attached hydrogen (secondary N) is 1. The van der Waals surface area contributed by atoms with E-state index in [0.29, 0.717) is 22.9 Å². The number of esters is 2. The third-order valence-electron chi connectivity index (χ3n) is 5.27. The van der Waals surface area contributed by atoms with E-state index >= 15 is 0 Å². The van der Waals surface area contributed by atoms with E-state index in [9.17, 15) is 14.4 Å². The van der Waals surface area contributed by atoms with Gasteiger partial charge in [-0.05, 0) is 63.9 Å². The Balaban J connectivity index is 1.62. The second-order valence-corrected chi connectivity index (χ2v) is 9.04. The average Bonchev–Trinajstić information content (AvgIpc) is 3.26. The van der Waals surface area contributed by atoms with Gasteiger partial charge in [0.2, 0.25) is 0 Å². The van der Waals surface area contributed by atoms with Crippen molar-refractivity contribution in [2.45, 2.75) is 77.7 Å². The highest BCUT2D eigenvalue weighted by Gasteiger charge is 2.28. The number of ether oxygens (including phenoxy) is 2. The Kier molecular flexibility index (Phi) is 7.10. The number of hydrogen-bond donors (Lipinski definition) is 1. The number of fused-ring (bicyclic) bond motifs is 1. The summed E-state index contributed by atoms with van der Waals surface area (Å²) in [6.45, 7) is 3.28. The molecule has 1 amide bonds. The molecular formula is C21H29NO5S. The minimum absolute atomic E-state index is 0.230. The lowest BCUT2D eigenvalue weighted by Crippen LogP contribution is -2.23. The molecule has 0 saturated heterocycles. The van der Waals surface area contributed by atoms with Gasteiger partial charge in [-0.25, -0.2) is 4.79 Å². The van der Waals surface area contributed by atoms with Crippen LogP contribution in [0, 0.1) is 5.92 Å². The van der Waals surface area contributed by atoms with Gasteiger partial charge in [0.1, 0.15) is 5.00 Å². The Morgan fingerprint density at radius 1 is 1.11 bits per heavy atom. The van der Waals surface area contributed by atoms with Gasteiger partial charge in [0.05, 0.1) is 11.7 Å². The van der Waals surface area contributed by atoms with Gasteiger partial charge >= 0.3 is 11.9 Å². The smallest absolute Gasteiger partial charge is 0.341 e. The van der Waals surface area contributed by atoms with Gasteiger partial charge in [0.25, 0.3) is 5.91 Å². The van der Waals surface area contributed by atoms with Gasteiger partial charge in [-0.2, -0.15) is 0 Å². The number of carbonyl (C=O) groups is 3. The topological polar surface area (TPSA) is 81.7 Å². The summed E-state index contributed by atoms with van der Waals surface area (Å²) >= 11 is 1.43. The molecule has 154 valence electrons. The van der Waals surface area contributed by atoms with Gasteiger partial charge in [-0.3, -0.25) is 9.59 Å². The highest BCUT2D eigenvalue weighted by atomic mass is 32.1. The minimum atomic E-state index is -0.419. The van der Waals surface area contributed by atoms with Crippen LogP contribution < -0.4 is 5.32 Å². The summed E-state index contributed by atoms with van der Waals surface area (Å²) < 4.78 is 10.5. The summed E-state index contributed by atoms with van der Waals surface area (Å²) in [5.74, 6) is -0.760. The van der Waals surface area contributed by atoms with E-state index in [1.54, 1.807) is 13.8 Å². The maximum atomic E-state index is 12.6. The summed E-state index contributed by atoms with van der Waals surface area (Å²) in [5, 5.41) is 3.28. The molecule has 0 bridgehead atoms. The highest BCUT2D eigenvalue weighted by molar-refractivity contribution is 7.17. The Morgan fingerprint density at radius 2 is 1.82 bits per heavy atom. The van der Waals surface area contributed by atoms with Crippen molar-refractivity contribution < 1.29 is 23.9 Å². The van der Waals surface area contributed by atoms with Crippen molar-refractivity contribution in [2.75, 3.05) is 11.9 Å². The zero-order valence-corrected chi connectivity index (χ0v) is 17.5. The first-order valence-electron chi connectivity index (χ1n) is 10.2. The van der Waals surface area contributed by atoms with E-state index in [1.807, 2.05) is 0 Å². The molecule has 1 N–H and O–H groups in total. The summed E-state index contributed by atoms with van der Waals surface area (Å²) in [6, 6.07) is 0. The molecule has 0 spiro atoms. The molecule has 1 aromatic rings. The molecule has 0 aromatic carbocycles. The van der Waals surface area contributed by atoms with Crippen molar-refractivity contribution in [3.05, 3.63) is 16.0 Å². The molecule has 1 fully saturated rings. The van der Waals surface area contributed by atoms with Gasteiger partial charge < -0.3 is 14.8 Å². The molecule has 3 rings (SSSR count). The Morgan fingerprint density at radius 3 is 2.54 bits per heavy atom. The van der Waals surface area contributed by atoms with E-state index in [2.05, 4.69) is 5.32 Å². The summed E-state index contributed by atoms with van der Waals surface area (Å²) in [4.78, 5) is 38.0. The molecule has 0 aliphatic heterocycles. The number of amides is 1. The Labute approximate surface area is 170 Å². The van der Waals surface area contributed by atoms with Gasteiger partial charge in [0, 0.05) is 11.3 Å². The van der Waals surface area contributed by atoms with Crippen LogP contribution in [0.25, 0.3) is 0 Å². The lowest BCUT2D eigenvalue weighted by Gasteiger charge is -2.14. The zero-order chi connectivity index (χ0) is 20.1. The molecule has 2 aliphatic carbocycles. The second-order valence-electron chi connectivity index (χ2n) is 7.93. The number of anilines is 1. The predicted molar refractivity (Wildman–Crippen MR) is 108 cm³/mol. The van der Waals surface area contributed by atoms with Crippen LogP contribution in [0.4, 0.5) is 5.00 Å². The van der Waals surface area contributed by atoms with Crippen molar-refractivity contribution in [3.63, 3.8) is 0 Å². The molecule has 7 heteroatoms. The molecule has 1 saturated carbocycles. The fourth-order valence-corrected chi connectivity index (χ4v) is 5.25. The fraction of sp³-hybridized carbons (Fsp3) is 0.667. The van der Waals surface area contributed by atoms with Crippen LogP contribution in [0.3, 0.4) is 0 Å². The van der Waals surface area contributed by atoms with E-state index in [-0.39, 0.29) is 18.7 Å². The van der Waals surface area contributed by atoms with Crippen LogP contribution in [0.1, 0.15) is 79.6 Å². The molecule has 1 heterocycles. The number of hydrogen-bond acceptors (Lipinski definition) is 6. The zero-order valence-electron chi connectivity index (χ0n) is 16.7. The number of carbonyl (C=O) groups excluding carboxylic acids is 3. The fourth-order valence-electron chi connectivity index (χ4n) is 3.96. The van der Waals surface area contributed by atoms with Crippen molar-refractivity contribution >= 4 is 34.2 Å². The first-order valence-corrected chi connectivity index (χ1v) is 11.1. The lowest BCUT2D eigenvalue weighted by atomic mass is 9.95. The van der Waals surface area contributed by atoms with Crippen LogP contribution in [0.2, 0.25) is 0 Å². The number of thiophene rings is 1. The van der Waals surface area contributed by atoms with E-state index in [1.165, 1.54) is 11.3 Å². The largest absolute Gasteiger partial charge is 0.459 e. The number of rotatable bonds is 7. The van der Waals surface area contributed by atoms with Gasteiger partial charge in [0.15, 0.2) is 6.61 Å². The maximum absolute atomic E-state index is 12.6. The molecule has 1 aromatic heterocycles. The quantitative estimate of drug-likeness (QED) is 0.683. The normalized spacial score (nSPS) is 16.7.